The number of hydrogen-bond donors (Lipinski definition) is 1. The number of nitrogens with one attached hydrogen (secondary N) is 1. The van der Waals surface area contributed by atoms with Crippen LogP contribution in [0.5, 0.6) is 0 Å². The molecule has 6 nitrogen and oxygen atoms in total. The van der Waals surface area contributed by atoms with Crippen molar-refractivity contribution in [3.8, 4) is 0 Å². The summed E-state index contributed by atoms with van der Waals surface area (Å²) in [4.78, 5) is 16.9. The van der Waals surface area contributed by atoms with Gasteiger partial charge in [-0.2, -0.15) is 0 Å². The van der Waals surface area contributed by atoms with Gasteiger partial charge < -0.3 is 19.4 Å². The highest BCUT2D eigenvalue weighted by Crippen LogP contribution is 2.26. The summed E-state index contributed by atoms with van der Waals surface area (Å²) in [6.45, 7) is 6.50. The van der Waals surface area contributed by atoms with Gasteiger partial charge >= 0.3 is 0 Å². The lowest BCUT2D eigenvalue weighted by molar-refractivity contribution is 0.0313. The van der Waals surface area contributed by atoms with Crippen molar-refractivity contribution in [3.05, 3.63) is 53.5 Å². The summed E-state index contributed by atoms with van der Waals surface area (Å²) in [7, 11) is 0. The molecule has 1 saturated heterocycles. The molecule has 2 aromatic rings. The van der Waals surface area contributed by atoms with Crippen LogP contribution < -0.4 is 10.2 Å². The van der Waals surface area contributed by atoms with Crippen LogP contribution >= 0.6 is 0 Å². The van der Waals surface area contributed by atoms with Crippen molar-refractivity contribution in [2.24, 2.45) is 0 Å². The molecular weight excluding hydrogens is 330 g/mol. The molecule has 26 heavy (non-hydrogen) atoms. The fraction of sp³-hybridized carbons (Fsp3) is 0.450. The van der Waals surface area contributed by atoms with E-state index in [-0.39, 0.29) is 5.91 Å². The van der Waals surface area contributed by atoms with Gasteiger partial charge in [0.15, 0.2) is 0 Å². The van der Waals surface area contributed by atoms with Crippen molar-refractivity contribution in [1.29, 1.82) is 0 Å². The zero-order valence-corrected chi connectivity index (χ0v) is 14.9. The highest BCUT2D eigenvalue weighted by molar-refractivity contribution is 5.94. The SMILES string of the molecule is O=C(NCCN1CCc2ccccc21)c1coc(CN2CCOCC2)c1. The molecule has 0 bridgehead atoms. The fourth-order valence-electron chi connectivity index (χ4n) is 3.61. The van der Waals surface area contributed by atoms with Gasteiger partial charge in [0.05, 0.1) is 25.3 Å². The number of fused-ring (bicyclic) bond motifs is 1. The minimum Gasteiger partial charge on any atom is -0.467 e. The van der Waals surface area contributed by atoms with Gasteiger partial charge in [0.2, 0.25) is 0 Å². The highest BCUT2D eigenvalue weighted by Gasteiger charge is 2.18. The molecular formula is C20H25N3O3. The summed E-state index contributed by atoms with van der Waals surface area (Å²) in [6.07, 6.45) is 2.63. The van der Waals surface area contributed by atoms with E-state index in [9.17, 15) is 4.79 Å². The first-order valence-electron chi connectivity index (χ1n) is 9.28. The number of amides is 1. The standard InChI is InChI=1S/C20H25N3O3/c24-20(17-13-18(26-15-17)14-22-9-11-25-12-10-22)21-6-8-23-7-5-16-3-1-2-4-19(16)23/h1-4,13,15H,5-12,14H2,(H,21,24). The number of carbonyl (C=O) groups excluding carboxylic acids is 1. The number of hydrogen-bond acceptors (Lipinski definition) is 5. The molecule has 1 aromatic carbocycles. The van der Waals surface area contributed by atoms with E-state index in [0.717, 1.165) is 58.1 Å². The van der Waals surface area contributed by atoms with Crippen molar-refractivity contribution < 1.29 is 13.9 Å². The van der Waals surface area contributed by atoms with Crippen LogP contribution in [0.2, 0.25) is 0 Å². The van der Waals surface area contributed by atoms with Gasteiger partial charge in [0.1, 0.15) is 12.0 Å². The molecule has 2 aliphatic heterocycles. The molecule has 0 unspecified atom stereocenters. The number of nitrogens with zero attached hydrogens (tertiary/aromatic N) is 2. The number of ether oxygens (including phenoxy) is 1. The molecule has 6 heteroatoms. The number of benzene rings is 1. The average molecular weight is 355 g/mol. The van der Waals surface area contributed by atoms with Gasteiger partial charge in [-0.05, 0) is 24.1 Å². The first-order chi connectivity index (χ1) is 12.8. The van der Waals surface area contributed by atoms with Crippen LogP contribution in [0.4, 0.5) is 5.69 Å². The van der Waals surface area contributed by atoms with Gasteiger partial charge in [-0.25, -0.2) is 0 Å². The van der Waals surface area contributed by atoms with E-state index < -0.39 is 0 Å². The van der Waals surface area contributed by atoms with E-state index in [2.05, 4.69) is 39.4 Å². The van der Waals surface area contributed by atoms with Crippen molar-refractivity contribution >= 4 is 11.6 Å². The Morgan fingerprint density at radius 1 is 1.15 bits per heavy atom. The predicted molar refractivity (Wildman–Crippen MR) is 99.5 cm³/mol. The Kier molecular flexibility index (Phi) is 5.22. The predicted octanol–water partition coefficient (Wildman–Crippen LogP) is 1.90. The lowest BCUT2D eigenvalue weighted by Crippen LogP contribution is -2.35. The van der Waals surface area contributed by atoms with Gasteiger partial charge in [0, 0.05) is 38.4 Å². The number of rotatable bonds is 6. The van der Waals surface area contributed by atoms with Gasteiger partial charge in [-0.3, -0.25) is 9.69 Å². The molecule has 2 aliphatic rings. The van der Waals surface area contributed by atoms with Gasteiger partial charge in [-0.1, -0.05) is 18.2 Å². The Balaban J connectivity index is 1.25. The van der Waals surface area contributed by atoms with E-state index in [4.69, 9.17) is 9.15 Å². The summed E-state index contributed by atoms with van der Waals surface area (Å²) >= 11 is 0. The van der Waals surface area contributed by atoms with Crippen LogP contribution in [0.3, 0.4) is 0 Å². The maximum absolute atomic E-state index is 12.3. The van der Waals surface area contributed by atoms with Crippen LogP contribution in [0.15, 0.2) is 41.0 Å². The van der Waals surface area contributed by atoms with Crippen LogP contribution in [-0.4, -0.2) is 56.7 Å². The van der Waals surface area contributed by atoms with E-state index >= 15 is 0 Å². The molecule has 3 heterocycles. The first-order valence-corrected chi connectivity index (χ1v) is 9.28. The van der Waals surface area contributed by atoms with Crippen LogP contribution in [0, 0.1) is 0 Å². The minimum absolute atomic E-state index is 0.0746. The number of anilines is 1. The van der Waals surface area contributed by atoms with Crippen molar-refractivity contribution in [3.63, 3.8) is 0 Å². The minimum atomic E-state index is -0.0746. The maximum atomic E-state index is 12.3. The second-order valence-corrected chi connectivity index (χ2v) is 6.81. The monoisotopic (exact) mass is 355 g/mol. The quantitative estimate of drug-likeness (QED) is 0.858. The van der Waals surface area contributed by atoms with Crippen molar-refractivity contribution in [2.45, 2.75) is 13.0 Å². The molecule has 0 spiro atoms. The third-order valence-corrected chi connectivity index (χ3v) is 5.05. The molecule has 1 fully saturated rings. The van der Waals surface area contributed by atoms with Crippen molar-refractivity contribution in [1.82, 2.24) is 10.2 Å². The van der Waals surface area contributed by atoms with Crippen LogP contribution in [-0.2, 0) is 17.7 Å². The Bertz CT molecular complexity index is 752. The lowest BCUT2D eigenvalue weighted by Gasteiger charge is -2.25. The van der Waals surface area contributed by atoms with Gasteiger partial charge in [0.25, 0.3) is 5.91 Å². The highest BCUT2D eigenvalue weighted by atomic mass is 16.5. The Hall–Kier alpha value is -2.31. The summed E-state index contributed by atoms with van der Waals surface area (Å²) < 4.78 is 10.9. The second kappa shape index (κ2) is 7.93. The molecule has 0 saturated carbocycles. The van der Waals surface area contributed by atoms with E-state index in [0.29, 0.717) is 12.1 Å². The molecule has 0 aliphatic carbocycles. The van der Waals surface area contributed by atoms with E-state index in [1.807, 2.05) is 6.07 Å². The Morgan fingerprint density at radius 2 is 2.00 bits per heavy atom. The van der Waals surface area contributed by atoms with Gasteiger partial charge in [-0.15, -0.1) is 0 Å². The maximum Gasteiger partial charge on any atom is 0.254 e. The number of carbonyl (C=O) groups is 1. The largest absolute Gasteiger partial charge is 0.467 e. The summed E-state index contributed by atoms with van der Waals surface area (Å²) in [5, 5.41) is 3.00. The lowest BCUT2D eigenvalue weighted by atomic mass is 10.2. The zero-order valence-electron chi connectivity index (χ0n) is 14.9. The average Bonchev–Trinajstić information content (AvgIpc) is 3.30. The normalized spacial score (nSPS) is 17.3. The number of furan rings is 1. The van der Waals surface area contributed by atoms with E-state index in [1.165, 1.54) is 11.3 Å². The fourth-order valence-corrected chi connectivity index (χ4v) is 3.61. The van der Waals surface area contributed by atoms with Crippen LogP contribution in [0.25, 0.3) is 0 Å². The second-order valence-electron chi connectivity index (χ2n) is 6.81. The van der Waals surface area contributed by atoms with Crippen LogP contribution in [0.1, 0.15) is 21.7 Å². The Morgan fingerprint density at radius 3 is 2.88 bits per heavy atom. The summed E-state index contributed by atoms with van der Waals surface area (Å²) in [5.74, 6) is 0.750. The third kappa shape index (κ3) is 3.92. The van der Waals surface area contributed by atoms with Crippen molar-refractivity contribution in [2.75, 3.05) is 50.8 Å². The Labute approximate surface area is 153 Å². The molecule has 1 N–H and O–H groups in total. The molecule has 1 amide bonds. The molecule has 0 radical (unpaired) electrons. The van der Waals surface area contributed by atoms with E-state index in [1.54, 1.807) is 6.26 Å². The molecule has 138 valence electrons. The topological polar surface area (TPSA) is 58.0 Å². The molecule has 0 atom stereocenters. The third-order valence-electron chi connectivity index (χ3n) is 5.05. The summed E-state index contributed by atoms with van der Waals surface area (Å²) in [6, 6.07) is 10.3. The first kappa shape index (κ1) is 17.1. The molecule has 1 aromatic heterocycles. The summed E-state index contributed by atoms with van der Waals surface area (Å²) in [5.41, 5.74) is 3.27. The smallest absolute Gasteiger partial charge is 0.254 e. The number of morpholine rings is 1. The number of para-hydroxylation sites is 1. The zero-order chi connectivity index (χ0) is 17.8. The molecule has 4 rings (SSSR count).